The molecule has 0 aromatic heterocycles. The summed E-state index contributed by atoms with van der Waals surface area (Å²) in [6.07, 6.45) is 3.21. The Labute approximate surface area is 109 Å². The van der Waals surface area contributed by atoms with Crippen LogP contribution in [0.2, 0.25) is 0 Å². The summed E-state index contributed by atoms with van der Waals surface area (Å²) in [4.78, 5) is 10.6. The second-order valence-corrected chi connectivity index (χ2v) is 4.75. The largest absolute Gasteiger partial charge is 0.382 e. The fraction of sp³-hybridized carbons (Fsp3) is 0.571. The second kappa shape index (κ2) is 6.38. The van der Waals surface area contributed by atoms with Crippen LogP contribution in [0.5, 0.6) is 0 Å². The van der Waals surface area contributed by atoms with Crippen molar-refractivity contribution < 1.29 is 4.92 Å². The van der Waals surface area contributed by atoms with E-state index in [9.17, 15) is 10.1 Å². The Morgan fingerprint density at radius 1 is 1.28 bits per heavy atom. The van der Waals surface area contributed by atoms with Gasteiger partial charge in [-0.15, -0.1) is 0 Å². The summed E-state index contributed by atoms with van der Waals surface area (Å²) in [6.45, 7) is 8.04. The number of nitro benzene ring substituents is 1. The number of anilines is 1. The van der Waals surface area contributed by atoms with E-state index >= 15 is 0 Å². The molecule has 0 fully saturated rings. The molecule has 0 aliphatic carbocycles. The first-order chi connectivity index (χ1) is 8.49. The summed E-state index contributed by atoms with van der Waals surface area (Å²) in [6, 6.07) is 3.92. The first-order valence-electron chi connectivity index (χ1n) is 6.51. The lowest BCUT2D eigenvalue weighted by atomic mass is 10.1. The summed E-state index contributed by atoms with van der Waals surface area (Å²) in [7, 11) is 0. The molecular formula is C14H22N2O2. The maximum Gasteiger partial charge on any atom is 0.274 e. The average Bonchev–Trinajstić information content (AvgIpc) is 2.31. The van der Waals surface area contributed by atoms with Crippen molar-refractivity contribution in [3.05, 3.63) is 33.4 Å². The normalized spacial score (nSPS) is 12.2. The molecule has 0 radical (unpaired) electrons. The smallest absolute Gasteiger partial charge is 0.274 e. The van der Waals surface area contributed by atoms with E-state index in [0.29, 0.717) is 11.6 Å². The van der Waals surface area contributed by atoms with Crippen molar-refractivity contribution in [2.75, 3.05) is 5.32 Å². The fourth-order valence-corrected chi connectivity index (χ4v) is 2.14. The lowest BCUT2D eigenvalue weighted by Gasteiger charge is -2.19. The van der Waals surface area contributed by atoms with E-state index in [1.807, 2.05) is 13.0 Å². The van der Waals surface area contributed by atoms with E-state index in [4.69, 9.17) is 0 Å². The first-order valence-corrected chi connectivity index (χ1v) is 6.51. The van der Waals surface area contributed by atoms with E-state index in [-0.39, 0.29) is 10.6 Å². The molecule has 0 saturated heterocycles. The number of nitrogens with zero attached hydrogens (tertiary/aromatic N) is 1. The summed E-state index contributed by atoms with van der Waals surface area (Å²) in [5.74, 6) is 0. The van der Waals surface area contributed by atoms with Crippen LogP contribution in [0.25, 0.3) is 0 Å². The van der Waals surface area contributed by atoms with Crippen LogP contribution in [0.1, 0.15) is 44.2 Å². The highest BCUT2D eigenvalue weighted by Gasteiger charge is 2.15. The van der Waals surface area contributed by atoms with Gasteiger partial charge in [0.1, 0.15) is 0 Å². The molecule has 18 heavy (non-hydrogen) atoms. The molecule has 4 heteroatoms. The molecule has 0 aliphatic rings. The number of aryl methyl sites for hydroxylation is 2. The molecule has 0 spiro atoms. The molecule has 100 valence electrons. The predicted molar refractivity (Wildman–Crippen MR) is 75.2 cm³/mol. The van der Waals surface area contributed by atoms with Crippen molar-refractivity contribution in [1.29, 1.82) is 0 Å². The molecule has 0 aliphatic heterocycles. The van der Waals surface area contributed by atoms with E-state index < -0.39 is 0 Å². The Balaban J connectivity index is 3.01. The Kier molecular flexibility index (Phi) is 5.13. The summed E-state index contributed by atoms with van der Waals surface area (Å²) >= 11 is 0. The monoisotopic (exact) mass is 250 g/mol. The van der Waals surface area contributed by atoms with Gasteiger partial charge in [-0.2, -0.15) is 0 Å². The van der Waals surface area contributed by atoms with Crippen molar-refractivity contribution in [2.24, 2.45) is 0 Å². The van der Waals surface area contributed by atoms with Gasteiger partial charge in [0.05, 0.1) is 4.92 Å². The summed E-state index contributed by atoms with van der Waals surface area (Å²) < 4.78 is 0. The number of hydrogen-bond donors (Lipinski definition) is 1. The number of nitro groups is 1. The molecule has 1 unspecified atom stereocenters. The van der Waals surface area contributed by atoms with Gasteiger partial charge in [0.15, 0.2) is 0 Å². The zero-order valence-electron chi connectivity index (χ0n) is 11.6. The Bertz CT molecular complexity index is 430. The van der Waals surface area contributed by atoms with Gasteiger partial charge in [-0.05, 0) is 38.3 Å². The number of rotatable bonds is 6. The summed E-state index contributed by atoms with van der Waals surface area (Å²) in [5.41, 5.74) is 2.85. The van der Waals surface area contributed by atoms with Gasteiger partial charge in [0.25, 0.3) is 5.69 Å². The molecule has 0 heterocycles. The number of hydrogen-bond acceptors (Lipinski definition) is 3. The molecule has 1 N–H and O–H groups in total. The van der Waals surface area contributed by atoms with Crippen molar-refractivity contribution in [2.45, 2.75) is 53.0 Å². The topological polar surface area (TPSA) is 55.2 Å². The molecule has 1 aromatic carbocycles. The van der Waals surface area contributed by atoms with E-state index in [1.54, 1.807) is 13.0 Å². The lowest BCUT2D eigenvalue weighted by Crippen LogP contribution is -2.18. The van der Waals surface area contributed by atoms with Gasteiger partial charge in [-0.1, -0.05) is 20.3 Å². The van der Waals surface area contributed by atoms with Crippen molar-refractivity contribution >= 4 is 11.4 Å². The Morgan fingerprint density at radius 2 is 1.94 bits per heavy atom. The van der Waals surface area contributed by atoms with Crippen LogP contribution >= 0.6 is 0 Å². The van der Waals surface area contributed by atoms with Crippen LogP contribution in [-0.4, -0.2) is 11.0 Å². The highest BCUT2D eigenvalue weighted by Crippen LogP contribution is 2.27. The molecular weight excluding hydrogens is 228 g/mol. The van der Waals surface area contributed by atoms with Gasteiger partial charge < -0.3 is 5.32 Å². The van der Waals surface area contributed by atoms with Crippen LogP contribution in [0.4, 0.5) is 11.4 Å². The molecule has 4 nitrogen and oxygen atoms in total. The SMILES string of the molecule is CCCC(CC)Nc1cc([N+](=O)[O-])c(C)cc1C. The maximum absolute atomic E-state index is 10.9. The van der Waals surface area contributed by atoms with Crippen molar-refractivity contribution in [3.8, 4) is 0 Å². The highest BCUT2D eigenvalue weighted by molar-refractivity contribution is 5.60. The third kappa shape index (κ3) is 3.45. The van der Waals surface area contributed by atoms with Gasteiger partial charge in [-0.25, -0.2) is 0 Å². The van der Waals surface area contributed by atoms with Crippen LogP contribution in [0, 0.1) is 24.0 Å². The summed E-state index contributed by atoms with van der Waals surface area (Å²) in [5, 5.41) is 14.4. The molecule has 0 amide bonds. The van der Waals surface area contributed by atoms with E-state index in [2.05, 4.69) is 19.2 Å². The minimum Gasteiger partial charge on any atom is -0.382 e. The minimum absolute atomic E-state index is 0.189. The number of benzene rings is 1. The zero-order chi connectivity index (χ0) is 13.7. The Morgan fingerprint density at radius 3 is 2.44 bits per heavy atom. The van der Waals surface area contributed by atoms with Crippen molar-refractivity contribution in [1.82, 2.24) is 0 Å². The van der Waals surface area contributed by atoms with Crippen LogP contribution in [0.3, 0.4) is 0 Å². The average molecular weight is 250 g/mol. The van der Waals surface area contributed by atoms with Crippen LogP contribution in [-0.2, 0) is 0 Å². The molecule has 0 saturated carbocycles. The van der Waals surface area contributed by atoms with Gasteiger partial charge in [0.2, 0.25) is 0 Å². The van der Waals surface area contributed by atoms with Gasteiger partial charge >= 0.3 is 0 Å². The number of nitrogens with one attached hydrogen (secondary N) is 1. The lowest BCUT2D eigenvalue weighted by molar-refractivity contribution is -0.385. The molecule has 1 atom stereocenters. The zero-order valence-corrected chi connectivity index (χ0v) is 11.6. The maximum atomic E-state index is 10.9. The first kappa shape index (κ1) is 14.5. The Hall–Kier alpha value is -1.58. The molecule has 0 bridgehead atoms. The quantitative estimate of drug-likeness (QED) is 0.608. The third-order valence-electron chi connectivity index (χ3n) is 3.23. The van der Waals surface area contributed by atoms with Crippen LogP contribution < -0.4 is 5.32 Å². The standard InChI is InChI=1S/C14H22N2O2/c1-5-7-12(6-2)15-13-9-14(16(17)18)11(4)8-10(13)3/h8-9,12,15H,5-7H2,1-4H3. The minimum atomic E-state index is -0.319. The molecule has 1 rings (SSSR count). The van der Waals surface area contributed by atoms with Crippen LogP contribution in [0.15, 0.2) is 12.1 Å². The van der Waals surface area contributed by atoms with Gasteiger partial charge in [0, 0.05) is 23.4 Å². The second-order valence-electron chi connectivity index (χ2n) is 4.75. The van der Waals surface area contributed by atoms with Crippen molar-refractivity contribution in [3.63, 3.8) is 0 Å². The third-order valence-corrected chi connectivity index (χ3v) is 3.23. The highest BCUT2D eigenvalue weighted by atomic mass is 16.6. The molecule has 1 aromatic rings. The fourth-order valence-electron chi connectivity index (χ4n) is 2.14. The predicted octanol–water partition coefficient (Wildman–Crippen LogP) is 4.20. The van der Waals surface area contributed by atoms with E-state index in [0.717, 1.165) is 30.5 Å². The van der Waals surface area contributed by atoms with E-state index in [1.165, 1.54) is 0 Å². The van der Waals surface area contributed by atoms with Gasteiger partial charge in [-0.3, -0.25) is 10.1 Å².